The highest BCUT2D eigenvalue weighted by molar-refractivity contribution is 4.77. The molecule has 0 aliphatic heterocycles. The lowest BCUT2D eigenvalue weighted by Crippen LogP contribution is -2.30. The first-order valence-corrected chi connectivity index (χ1v) is 5.48. The third kappa shape index (κ3) is 3.57. The van der Waals surface area contributed by atoms with Gasteiger partial charge in [0, 0.05) is 13.1 Å². The van der Waals surface area contributed by atoms with Crippen LogP contribution in [0.1, 0.15) is 40.0 Å². The molecule has 1 unspecified atom stereocenters. The lowest BCUT2D eigenvalue weighted by atomic mass is 10.1. The fourth-order valence-electron chi connectivity index (χ4n) is 1.57. The smallest absolute Gasteiger partial charge is 0.000966 e. The molecule has 0 aromatic rings. The third-order valence-electron chi connectivity index (χ3n) is 2.93. The summed E-state index contributed by atoms with van der Waals surface area (Å²) in [5.41, 5.74) is 0. The first-order valence-electron chi connectivity index (χ1n) is 5.48. The molecular formula is C11H23N. The fourth-order valence-corrected chi connectivity index (χ4v) is 1.57. The van der Waals surface area contributed by atoms with E-state index in [0.29, 0.717) is 0 Å². The van der Waals surface area contributed by atoms with Crippen LogP contribution in [0.15, 0.2) is 0 Å². The average Bonchev–Trinajstić information content (AvgIpc) is 2.86. The molecule has 1 fully saturated rings. The topological polar surface area (TPSA) is 3.24 Å². The van der Waals surface area contributed by atoms with Gasteiger partial charge in [-0.2, -0.15) is 0 Å². The molecule has 0 aromatic carbocycles. The van der Waals surface area contributed by atoms with Gasteiger partial charge in [0.2, 0.25) is 0 Å². The van der Waals surface area contributed by atoms with Gasteiger partial charge >= 0.3 is 0 Å². The Morgan fingerprint density at radius 1 is 1.33 bits per heavy atom. The van der Waals surface area contributed by atoms with Gasteiger partial charge in [-0.1, -0.05) is 27.2 Å². The number of rotatable bonds is 6. The summed E-state index contributed by atoms with van der Waals surface area (Å²) in [5, 5.41) is 0. The van der Waals surface area contributed by atoms with Crippen molar-refractivity contribution in [1.82, 2.24) is 4.90 Å². The number of nitrogens with zero attached hydrogens (tertiary/aromatic N) is 1. The van der Waals surface area contributed by atoms with Gasteiger partial charge in [-0.05, 0) is 31.2 Å². The molecule has 0 N–H and O–H groups in total. The monoisotopic (exact) mass is 169 g/mol. The molecule has 0 bridgehead atoms. The summed E-state index contributed by atoms with van der Waals surface area (Å²) in [7, 11) is 0. The van der Waals surface area contributed by atoms with Gasteiger partial charge in [-0.15, -0.1) is 0 Å². The van der Waals surface area contributed by atoms with Crippen molar-refractivity contribution in [2.45, 2.75) is 40.0 Å². The van der Waals surface area contributed by atoms with Crippen molar-refractivity contribution < 1.29 is 0 Å². The SMILES string of the molecule is CCC(C)CN(CC)CC1CC1. The average molecular weight is 169 g/mol. The molecule has 0 spiro atoms. The summed E-state index contributed by atoms with van der Waals surface area (Å²) in [4.78, 5) is 2.62. The van der Waals surface area contributed by atoms with E-state index in [4.69, 9.17) is 0 Å². The normalized spacial score (nSPS) is 20.0. The van der Waals surface area contributed by atoms with E-state index in [9.17, 15) is 0 Å². The maximum atomic E-state index is 2.62. The van der Waals surface area contributed by atoms with Gasteiger partial charge in [0.15, 0.2) is 0 Å². The Hall–Kier alpha value is -0.0400. The molecule has 1 aliphatic rings. The first-order chi connectivity index (χ1) is 5.76. The standard InChI is InChI=1S/C11H23N/c1-4-10(3)8-12(5-2)9-11-6-7-11/h10-11H,4-9H2,1-3H3. The first kappa shape index (κ1) is 10.0. The zero-order valence-electron chi connectivity index (χ0n) is 8.84. The minimum absolute atomic E-state index is 0.878. The molecule has 0 heterocycles. The summed E-state index contributed by atoms with van der Waals surface area (Å²) in [6, 6.07) is 0. The molecule has 72 valence electrons. The lowest BCUT2D eigenvalue weighted by molar-refractivity contribution is 0.237. The maximum absolute atomic E-state index is 2.62. The van der Waals surface area contributed by atoms with Crippen LogP contribution in [-0.4, -0.2) is 24.5 Å². The van der Waals surface area contributed by atoms with Crippen LogP contribution in [0.5, 0.6) is 0 Å². The van der Waals surface area contributed by atoms with E-state index in [1.807, 2.05) is 0 Å². The van der Waals surface area contributed by atoms with Crippen LogP contribution in [0.4, 0.5) is 0 Å². The lowest BCUT2D eigenvalue weighted by Gasteiger charge is -2.23. The summed E-state index contributed by atoms with van der Waals surface area (Å²) < 4.78 is 0. The second kappa shape index (κ2) is 4.86. The van der Waals surface area contributed by atoms with Crippen molar-refractivity contribution in [2.24, 2.45) is 11.8 Å². The predicted molar refractivity (Wildman–Crippen MR) is 54.3 cm³/mol. The zero-order chi connectivity index (χ0) is 8.97. The Morgan fingerprint density at radius 3 is 2.42 bits per heavy atom. The largest absolute Gasteiger partial charge is 0.303 e. The van der Waals surface area contributed by atoms with E-state index in [1.165, 1.54) is 38.9 Å². The molecule has 0 amide bonds. The van der Waals surface area contributed by atoms with E-state index < -0.39 is 0 Å². The van der Waals surface area contributed by atoms with E-state index >= 15 is 0 Å². The Labute approximate surface area is 77.1 Å². The minimum atomic E-state index is 0.878. The van der Waals surface area contributed by atoms with Gasteiger partial charge in [-0.3, -0.25) is 0 Å². The van der Waals surface area contributed by atoms with Crippen LogP contribution in [0.3, 0.4) is 0 Å². The van der Waals surface area contributed by atoms with E-state index in [-0.39, 0.29) is 0 Å². The molecule has 1 nitrogen and oxygen atoms in total. The zero-order valence-corrected chi connectivity index (χ0v) is 8.84. The minimum Gasteiger partial charge on any atom is -0.303 e. The molecule has 12 heavy (non-hydrogen) atoms. The molecule has 0 saturated heterocycles. The van der Waals surface area contributed by atoms with Crippen molar-refractivity contribution in [3.05, 3.63) is 0 Å². The second-order valence-corrected chi connectivity index (χ2v) is 4.31. The van der Waals surface area contributed by atoms with Crippen molar-refractivity contribution in [3.8, 4) is 0 Å². The third-order valence-corrected chi connectivity index (χ3v) is 2.93. The van der Waals surface area contributed by atoms with Crippen molar-refractivity contribution >= 4 is 0 Å². The Balaban J connectivity index is 2.14. The van der Waals surface area contributed by atoms with Crippen LogP contribution < -0.4 is 0 Å². The van der Waals surface area contributed by atoms with E-state index in [0.717, 1.165) is 11.8 Å². The Kier molecular flexibility index (Phi) is 4.07. The van der Waals surface area contributed by atoms with Crippen LogP contribution in [0, 0.1) is 11.8 Å². The van der Waals surface area contributed by atoms with Gasteiger partial charge in [-0.25, -0.2) is 0 Å². The molecule has 1 saturated carbocycles. The predicted octanol–water partition coefficient (Wildman–Crippen LogP) is 2.76. The van der Waals surface area contributed by atoms with Crippen molar-refractivity contribution in [2.75, 3.05) is 19.6 Å². The van der Waals surface area contributed by atoms with E-state index in [1.54, 1.807) is 0 Å². The quantitative estimate of drug-likeness (QED) is 0.591. The summed E-state index contributed by atoms with van der Waals surface area (Å²) in [6.07, 6.45) is 4.29. The highest BCUT2D eigenvalue weighted by atomic mass is 15.1. The van der Waals surface area contributed by atoms with Crippen molar-refractivity contribution in [3.63, 3.8) is 0 Å². The van der Waals surface area contributed by atoms with Crippen LogP contribution in [0.25, 0.3) is 0 Å². The second-order valence-electron chi connectivity index (χ2n) is 4.31. The molecule has 0 aromatic heterocycles. The molecule has 0 radical (unpaired) electrons. The Morgan fingerprint density at radius 2 is 2.00 bits per heavy atom. The number of hydrogen-bond donors (Lipinski definition) is 0. The highest BCUT2D eigenvalue weighted by Gasteiger charge is 2.23. The molecule has 1 atom stereocenters. The highest BCUT2D eigenvalue weighted by Crippen LogP contribution is 2.29. The van der Waals surface area contributed by atoms with Gasteiger partial charge < -0.3 is 4.90 Å². The Bertz CT molecular complexity index is 118. The van der Waals surface area contributed by atoms with Crippen LogP contribution in [-0.2, 0) is 0 Å². The molecule has 1 heteroatoms. The van der Waals surface area contributed by atoms with Gasteiger partial charge in [0.25, 0.3) is 0 Å². The molecule has 1 aliphatic carbocycles. The van der Waals surface area contributed by atoms with Crippen LogP contribution >= 0.6 is 0 Å². The van der Waals surface area contributed by atoms with Crippen LogP contribution in [0.2, 0.25) is 0 Å². The summed E-state index contributed by atoms with van der Waals surface area (Å²) in [6.45, 7) is 10.8. The van der Waals surface area contributed by atoms with Gasteiger partial charge in [0.05, 0.1) is 0 Å². The number of hydrogen-bond acceptors (Lipinski definition) is 1. The molecular weight excluding hydrogens is 146 g/mol. The summed E-state index contributed by atoms with van der Waals surface area (Å²) in [5.74, 6) is 1.93. The van der Waals surface area contributed by atoms with Gasteiger partial charge in [0.1, 0.15) is 0 Å². The summed E-state index contributed by atoms with van der Waals surface area (Å²) >= 11 is 0. The maximum Gasteiger partial charge on any atom is 0.000966 e. The fraction of sp³-hybridized carbons (Fsp3) is 1.00. The van der Waals surface area contributed by atoms with E-state index in [2.05, 4.69) is 25.7 Å². The molecule has 1 rings (SSSR count). The van der Waals surface area contributed by atoms with Crippen molar-refractivity contribution in [1.29, 1.82) is 0 Å².